The highest BCUT2D eigenvalue weighted by atomic mass is 32.1. The summed E-state index contributed by atoms with van der Waals surface area (Å²) in [6, 6.07) is 16.7. The van der Waals surface area contributed by atoms with Crippen LogP contribution in [0, 0.1) is 6.92 Å². The van der Waals surface area contributed by atoms with Crippen LogP contribution in [-0.2, 0) is 0 Å². The predicted molar refractivity (Wildman–Crippen MR) is 110 cm³/mol. The number of thiophene rings is 1. The van der Waals surface area contributed by atoms with Crippen molar-refractivity contribution in [2.45, 2.75) is 6.92 Å². The molecule has 6 heteroatoms. The van der Waals surface area contributed by atoms with Gasteiger partial charge in [0.15, 0.2) is 5.43 Å². The Morgan fingerprint density at radius 1 is 1.00 bits per heavy atom. The van der Waals surface area contributed by atoms with Crippen LogP contribution in [-0.4, -0.2) is 9.97 Å². The summed E-state index contributed by atoms with van der Waals surface area (Å²) in [4.78, 5) is 23.4. The minimum atomic E-state index is -0.0723. The molecular formula is C22H14N2O3S. The number of aromatic nitrogens is 2. The second-order valence-electron chi connectivity index (χ2n) is 6.36. The molecule has 5 nitrogen and oxygen atoms in total. The van der Waals surface area contributed by atoms with E-state index in [1.807, 2.05) is 43.3 Å². The number of hydrogen-bond donors (Lipinski definition) is 0. The molecule has 0 amide bonds. The van der Waals surface area contributed by atoms with Gasteiger partial charge in [0.25, 0.3) is 0 Å². The van der Waals surface area contributed by atoms with Crippen LogP contribution in [0.3, 0.4) is 0 Å². The van der Waals surface area contributed by atoms with Gasteiger partial charge in [-0.05, 0) is 30.7 Å². The molecule has 0 bridgehead atoms. The molecule has 0 aliphatic rings. The van der Waals surface area contributed by atoms with E-state index >= 15 is 0 Å². The van der Waals surface area contributed by atoms with Crippen LogP contribution in [0.15, 0.2) is 76.4 Å². The SMILES string of the molecule is Cc1cc2c(Oc3ccc4c(=O)c(-c5ccccc5)coc4c3)ncnc2s1. The zero-order valence-electron chi connectivity index (χ0n) is 14.9. The maximum Gasteiger partial charge on any atom is 0.231 e. The highest BCUT2D eigenvalue weighted by Crippen LogP contribution is 2.32. The Hall–Kier alpha value is -3.51. The van der Waals surface area contributed by atoms with Gasteiger partial charge in [-0.2, -0.15) is 0 Å². The van der Waals surface area contributed by atoms with Crippen molar-refractivity contribution < 1.29 is 9.15 Å². The fourth-order valence-electron chi connectivity index (χ4n) is 3.14. The van der Waals surface area contributed by atoms with E-state index in [4.69, 9.17) is 9.15 Å². The minimum absolute atomic E-state index is 0.0723. The van der Waals surface area contributed by atoms with Gasteiger partial charge in [-0.3, -0.25) is 4.79 Å². The van der Waals surface area contributed by atoms with Crippen LogP contribution in [0.2, 0.25) is 0 Å². The molecule has 0 aliphatic carbocycles. The molecule has 28 heavy (non-hydrogen) atoms. The van der Waals surface area contributed by atoms with Crippen molar-refractivity contribution in [1.82, 2.24) is 9.97 Å². The largest absolute Gasteiger partial charge is 0.463 e. The maximum atomic E-state index is 12.9. The van der Waals surface area contributed by atoms with E-state index in [-0.39, 0.29) is 5.43 Å². The third-order valence-electron chi connectivity index (χ3n) is 4.46. The van der Waals surface area contributed by atoms with E-state index in [2.05, 4.69) is 9.97 Å². The number of aryl methyl sites for hydroxylation is 1. The summed E-state index contributed by atoms with van der Waals surface area (Å²) in [5.41, 5.74) is 1.76. The molecule has 0 saturated heterocycles. The summed E-state index contributed by atoms with van der Waals surface area (Å²) in [5, 5.41) is 1.37. The number of fused-ring (bicyclic) bond motifs is 2. The number of ether oxygens (including phenoxy) is 1. The molecule has 0 atom stereocenters. The minimum Gasteiger partial charge on any atom is -0.463 e. The number of rotatable bonds is 3. The third kappa shape index (κ3) is 2.84. The first kappa shape index (κ1) is 16.6. The second kappa shape index (κ2) is 6.58. The quantitative estimate of drug-likeness (QED) is 0.406. The van der Waals surface area contributed by atoms with Gasteiger partial charge < -0.3 is 9.15 Å². The number of benzene rings is 2. The van der Waals surface area contributed by atoms with Crippen LogP contribution >= 0.6 is 11.3 Å². The normalized spacial score (nSPS) is 11.2. The molecule has 0 unspecified atom stereocenters. The average Bonchev–Trinajstić information content (AvgIpc) is 3.10. The molecular weight excluding hydrogens is 372 g/mol. The predicted octanol–water partition coefficient (Wildman–Crippen LogP) is 5.57. The first-order chi connectivity index (χ1) is 13.7. The van der Waals surface area contributed by atoms with Gasteiger partial charge in [0.05, 0.1) is 16.3 Å². The lowest BCUT2D eigenvalue weighted by Gasteiger charge is -2.07. The van der Waals surface area contributed by atoms with Gasteiger partial charge in [-0.25, -0.2) is 9.97 Å². The second-order valence-corrected chi connectivity index (χ2v) is 7.59. The van der Waals surface area contributed by atoms with Crippen molar-refractivity contribution in [3.8, 4) is 22.8 Å². The van der Waals surface area contributed by atoms with Crippen molar-refractivity contribution >= 4 is 32.5 Å². The van der Waals surface area contributed by atoms with Crippen molar-refractivity contribution in [2.24, 2.45) is 0 Å². The van der Waals surface area contributed by atoms with E-state index in [1.54, 1.807) is 29.5 Å². The van der Waals surface area contributed by atoms with E-state index < -0.39 is 0 Å². The smallest absolute Gasteiger partial charge is 0.231 e. The lowest BCUT2D eigenvalue weighted by Crippen LogP contribution is -2.04. The molecule has 0 spiro atoms. The standard InChI is InChI=1S/C22H14N2O3S/c1-13-9-17-21(23-12-24-22(17)28-13)27-15-7-8-16-19(10-15)26-11-18(20(16)25)14-5-3-2-4-6-14/h2-12H,1H3. The lowest BCUT2D eigenvalue weighted by atomic mass is 10.1. The topological polar surface area (TPSA) is 65.2 Å². The summed E-state index contributed by atoms with van der Waals surface area (Å²) in [6.45, 7) is 2.02. The van der Waals surface area contributed by atoms with Crippen molar-refractivity contribution in [3.05, 3.63) is 82.3 Å². The van der Waals surface area contributed by atoms with Gasteiger partial charge in [-0.15, -0.1) is 11.3 Å². The summed E-state index contributed by atoms with van der Waals surface area (Å²) in [6.07, 6.45) is 2.98. The summed E-state index contributed by atoms with van der Waals surface area (Å²) < 4.78 is 11.7. The lowest BCUT2D eigenvalue weighted by molar-refractivity contribution is 0.467. The highest BCUT2D eigenvalue weighted by Gasteiger charge is 2.12. The summed E-state index contributed by atoms with van der Waals surface area (Å²) in [7, 11) is 0. The Kier molecular flexibility index (Phi) is 3.91. The molecule has 5 rings (SSSR count). The van der Waals surface area contributed by atoms with Crippen LogP contribution in [0.25, 0.3) is 32.3 Å². The zero-order valence-corrected chi connectivity index (χ0v) is 15.7. The molecule has 0 fully saturated rings. The highest BCUT2D eigenvalue weighted by molar-refractivity contribution is 7.18. The Balaban J connectivity index is 1.56. The van der Waals surface area contributed by atoms with E-state index in [9.17, 15) is 4.79 Å². The fraction of sp³-hybridized carbons (Fsp3) is 0.0455. The van der Waals surface area contributed by atoms with Gasteiger partial charge in [-0.1, -0.05) is 30.3 Å². The molecule has 5 aromatic rings. The average molecular weight is 386 g/mol. The molecule has 2 aromatic carbocycles. The first-order valence-corrected chi connectivity index (χ1v) is 9.51. The monoisotopic (exact) mass is 386 g/mol. The Labute approximate surface area is 163 Å². The molecule has 3 aromatic heterocycles. The van der Waals surface area contributed by atoms with E-state index in [0.717, 1.165) is 20.7 Å². The molecule has 0 N–H and O–H groups in total. The van der Waals surface area contributed by atoms with Crippen LogP contribution < -0.4 is 10.2 Å². The van der Waals surface area contributed by atoms with E-state index in [0.29, 0.717) is 28.2 Å². The zero-order chi connectivity index (χ0) is 19.1. The van der Waals surface area contributed by atoms with Crippen molar-refractivity contribution in [3.63, 3.8) is 0 Å². The molecule has 0 radical (unpaired) electrons. The molecule has 0 saturated carbocycles. The molecule has 136 valence electrons. The van der Waals surface area contributed by atoms with Gasteiger partial charge in [0.2, 0.25) is 5.88 Å². The van der Waals surface area contributed by atoms with Crippen molar-refractivity contribution in [2.75, 3.05) is 0 Å². The van der Waals surface area contributed by atoms with Gasteiger partial charge >= 0.3 is 0 Å². The third-order valence-corrected chi connectivity index (χ3v) is 5.42. The summed E-state index contributed by atoms with van der Waals surface area (Å²) in [5.74, 6) is 1.03. The van der Waals surface area contributed by atoms with Crippen LogP contribution in [0.4, 0.5) is 0 Å². The maximum absolute atomic E-state index is 12.9. The van der Waals surface area contributed by atoms with Gasteiger partial charge in [0.1, 0.15) is 28.8 Å². The van der Waals surface area contributed by atoms with Crippen LogP contribution in [0.5, 0.6) is 11.6 Å². The first-order valence-electron chi connectivity index (χ1n) is 8.69. The Bertz CT molecular complexity index is 1370. The Morgan fingerprint density at radius 2 is 1.86 bits per heavy atom. The number of nitrogens with zero attached hydrogens (tertiary/aromatic N) is 2. The van der Waals surface area contributed by atoms with Gasteiger partial charge in [0, 0.05) is 10.9 Å². The van der Waals surface area contributed by atoms with Crippen LogP contribution in [0.1, 0.15) is 4.88 Å². The molecule has 0 aliphatic heterocycles. The number of hydrogen-bond acceptors (Lipinski definition) is 6. The fourth-order valence-corrected chi connectivity index (χ4v) is 3.97. The summed E-state index contributed by atoms with van der Waals surface area (Å²) >= 11 is 1.59. The Morgan fingerprint density at radius 3 is 2.71 bits per heavy atom. The van der Waals surface area contributed by atoms with E-state index in [1.165, 1.54) is 12.6 Å². The molecule has 3 heterocycles. The van der Waals surface area contributed by atoms with Crippen molar-refractivity contribution in [1.29, 1.82) is 0 Å².